The first-order valence-corrected chi connectivity index (χ1v) is 7.79. The van der Waals surface area contributed by atoms with E-state index in [1.165, 1.54) is 6.07 Å². The van der Waals surface area contributed by atoms with Gasteiger partial charge in [0.1, 0.15) is 12.3 Å². The van der Waals surface area contributed by atoms with Crippen LogP contribution in [0.1, 0.15) is 26.0 Å². The van der Waals surface area contributed by atoms with Crippen LogP contribution in [-0.2, 0) is 14.8 Å². The molecule has 0 fully saturated rings. The first-order chi connectivity index (χ1) is 8.74. The van der Waals surface area contributed by atoms with Crippen LogP contribution in [0, 0.1) is 6.92 Å². The summed E-state index contributed by atoms with van der Waals surface area (Å²) in [5.74, 6) is 0.214. The predicted molar refractivity (Wildman–Crippen MR) is 71.3 cm³/mol. The molecule has 1 N–H and O–H groups in total. The number of rotatable bonds is 6. The summed E-state index contributed by atoms with van der Waals surface area (Å²) in [5.41, 5.74) is 0. The highest BCUT2D eigenvalue weighted by molar-refractivity contribution is 7.92. The number of amides is 1. The van der Waals surface area contributed by atoms with Crippen molar-refractivity contribution < 1.29 is 17.7 Å². The summed E-state index contributed by atoms with van der Waals surface area (Å²) >= 11 is 0. The zero-order valence-electron chi connectivity index (χ0n) is 11.5. The SMILES string of the molecule is CCC(C)NC(=O)CN(c1cc(C)on1)S(C)(=O)=O. The number of aryl methyl sites for hydroxylation is 1. The molecule has 1 aromatic heterocycles. The normalized spacial score (nSPS) is 13.1. The summed E-state index contributed by atoms with van der Waals surface area (Å²) in [6.45, 7) is 5.12. The molecule has 0 bridgehead atoms. The Morgan fingerprint density at radius 3 is 2.63 bits per heavy atom. The molecule has 0 aliphatic rings. The highest BCUT2D eigenvalue weighted by atomic mass is 32.2. The van der Waals surface area contributed by atoms with Crippen molar-refractivity contribution in [1.29, 1.82) is 0 Å². The van der Waals surface area contributed by atoms with E-state index in [1.807, 2.05) is 13.8 Å². The van der Waals surface area contributed by atoms with Crippen molar-refractivity contribution >= 4 is 21.7 Å². The van der Waals surface area contributed by atoms with Gasteiger partial charge in [-0.1, -0.05) is 12.1 Å². The van der Waals surface area contributed by atoms with E-state index in [1.54, 1.807) is 6.92 Å². The van der Waals surface area contributed by atoms with Crippen LogP contribution in [-0.4, -0.2) is 38.3 Å². The van der Waals surface area contributed by atoms with Crippen LogP contribution in [0.25, 0.3) is 0 Å². The Bertz CT molecular complexity index is 538. The Morgan fingerprint density at radius 1 is 1.58 bits per heavy atom. The van der Waals surface area contributed by atoms with E-state index in [4.69, 9.17) is 4.52 Å². The topological polar surface area (TPSA) is 92.5 Å². The molecule has 108 valence electrons. The van der Waals surface area contributed by atoms with Crippen LogP contribution in [0.4, 0.5) is 5.82 Å². The Kier molecular flexibility index (Phi) is 4.93. The molecule has 19 heavy (non-hydrogen) atoms. The lowest BCUT2D eigenvalue weighted by molar-refractivity contribution is -0.120. The summed E-state index contributed by atoms with van der Waals surface area (Å²) in [5, 5.41) is 6.33. The molecule has 1 amide bonds. The number of aromatic nitrogens is 1. The molecule has 0 aliphatic heterocycles. The quantitative estimate of drug-likeness (QED) is 0.830. The van der Waals surface area contributed by atoms with Gasteiger partial charge in [-0.05, 0) is 20.3 Å². The van der Waals surface area contributed by atoms with Gasteiger partial charge in [0.05, 0.1) is 6.26 Å². The second-order valence-electron chi connectivity index (χ2n) is 4.44. The van der Waals surface area contributed by atoms with Crippen molar-refractivity contribution in [1.82, 2.24) is 10.5 Å². The van der Waals surface area contributed by atoms with E-state index >= 15 is 0 Å². The van der Waals surface area contributed by atoms with Crippen molar-refractivity contribution in [3.8, 4) is 0 Å². The maximum Gasteiger partial charge on any atom is 0.241 e. The average molecular weight is 289 g/mol. The molecule has 0 aromatic carbocycles. The van der Waals surface area contributed by atoms with Crippen molar-refractivity contribution in [3.05, 3.63) is 11.8 Å². The van der Waals surface area contributed by atoms with Gasteiger partial charge < -0.3 is 9.84 Å². The highest BCUT2D eigenvalue weighted by Crippen LogP contribution is 2.16. The largest absolute Gasteiger partial charge is 0.360 e. The monoisotopic (exact) mass is 289 g/mol. The second kappa shape index (κ2) is 6.05. The molecule has 0 radical (unpaired) electrons. The van der Waals surface area contributed by atoms with E-state index in [-0.39, 0.29) is 24.3 Å². The molecule has 0 aliphatic carbocycles. The minimum Gasteiger partial charge on any atom is -0.360 e. The van der Waals surface area contributed by atoms with Gasteiger partial charge in [0.15, 0.2) is 5.82 Å². The lowest BCUT2D eigenvalue weighted by atomic mass is 10.2. The minimum absolute atomic E-state index is 0.00652. The highest BCUT2D eigenvalue weighted by Gasteiger charge is 2.24. The maximum atomic E-state index is 11.8. The van der Waals surface area contributed by atoms with E-state index in [2.05, 4.69) is 10.5 Å². The van der Waals surface area contributed by atoms with E-state index in [0.717, 1.165) is 17.0 Å². The maximum absolute atomic E-state index is 11.8. The fraction of sp³-hybridized carbons (Fsp3) is 0.636. The minimum atomic E-state index is -3.59. The fourth-order valence-electron chi connectivity index (χ4n) is 1.39. The smallest absolute Gasteiger partial charge is 0.241 e. The number of carbonyl (C=O) groups excluding carboxylic acids is 1. The van der Waals surface area contributed by atoms with Crippen LogP contribution in [0.15, 0.2) is 10.6 Å². The lowest BCUT2D eigenvalue weighted by Crippen LogP contribution is -2.43. The van der Waals surface area contributed by atoms with E-state index in [0.29, 0.717) is 5.76 Å². The molecule has 1 heterocycles. The third-order valence-corrected chi connectivity index (χ3v) is 3.70. The van der Waals surface area contributed by atoms with Crippen LogP contribution in [0.5, 0.6) is 0 Å². The van der Waals surface area contributed by atoms with Gasteiger partial charge in [0.25, 0.3) is 0 Å². The Morgan fingerprint density at radius 2 is 2.21 bits per heavy atom. The molecule has 0 spiro atoms. The summed E-state index contributed by atoms with van der Waals surface area (Å²) < 4.78 is 29.1. The molecule has 1 aromatic rings. The van der Waals surface area contributed by atoms with E-state index in [9.17, 15) is 13.2 Å². The first-order valence-electron chi connectivity index (χ1n) is 5.94. The van der Waals surface area contributed by atoms with Gasteiger partial charge in [-0.3, -0.25) is 4.79 Å². The number of carbonyl (C=O) groups is 1. The third-order valence-electron chi connectivity index (χ3n) is 2.58. The molecule has 0 saturated heterocycles. The average Bonchev–Trinajstić information content (AvgIpc) is 2.70. The number of sulfonamides is 1. The summed E-state index contributed by atoms with van der Waals surface area (Å²) in [7, 11) is -3.59. The number of nitrogens with zero attached hydrogens (tertiary/aromatic N) is 2. The van der Waals surface area contributed by atoms with E-state index < -0.39 is 10.0 Å². The number of hydrogen-bond donors (Lipinski definition) is 1. The molecular weight excluding hydrogens is 270 g/mol. The standard InChI is InChI=1S/C11H19N3O4S/c1-5-8(2)12-11(15)7-14(19(4,16)17)10-6-9(3)18-13-10/h6,8H,5,7H2,1-4H3,(H,12,15). The van der Waals surface area contributed by atoms with Gasteiger partial charge in [0.2, 0.25) is 15.9 Å². The molecule has 1 rings (SSSR count). The van der Waals surface area contributed by atoms with Gasteiger partial charge >= 0.3 is 0 Å². The Balaban J connectivity index is 2.86. The molecule has 0 saturated carbocycles. The van der Waals surface area contributed by atoms with Crippen LogP contribution in [0.3, 0.4) is 0 Å². The fourth-order valence-corrected chi connectivity index (χ4v) is 2.17. The van der Waals surface area contributed by atoms with Crippen molar-refractivity contribution in [2.24, 2.45) is 0 Å². The summed E-state index contributed by atoms with van der Waals surface area (Å²) in [4.78, 5) is 11.8. The molecule has 8 heteroatoms. The van der Waals surface area contributed by atoms with Crippen molar-refractivity contribution in [2.75, 3.05) is 17.1 Å². The van der Waals surface area contributed by atoms with Crippen LogP contribution < -0.4 is 9.62 Å². The molecular formula is C11H19N3O4S. The Labute approximate surface area is 113 Å². The molecule has 7 nitrogen and oxygen atoms in total. The second-order valence-corrected chi connectivity index (χ2v) is 6.35. The molecule has 1 atom stereocenters. The first kappa shape index (κ1) is 15.5. The Hall–Kier alpha value is -1.57. The predicted octanol–water partition coefficient (Wildman–Crippen LogP) is 0.664. The van der Waals surface area contributed by atoms with Crippen LogP contribution in [0.2, 0.25) is 0 Å². The zero-order chi connectivity index (χ0) is 14.6. The van der Waals surface area contributed by atoms with Gasteiger partial charge in [-0.2, -0.15) is 0 Å². The van der Waals surface area contributed by atoms with Crippen LogP contribution >= 0.6 is 0 Å². The van der Waals surface area contributed by atoms with Crippen molar-refractivity contribution in [2.45, 2.75) is 33.2 Å². The number of anilines is 1. The summed E-state index contributed by atoms with van der Waals surface area (Å²) in [6.07, 6.45) is 1.79. The van der Waals surface area contributed by atoms with Gasteiger partial charge in [-0.15, -0.1) is 0 Å². The van der Waals surface area contributed by atoms with Gasteiger partial charge in [-0.25, -0.2) is 12.7 Å². The van der Waals surface area contributed by atoms with Crippen molar-refractivity contribution in [3.63, 3.8) is 0 Å². The van der Waals surface area contributed by atoms with Gasteiger partial charge in [0, 0.05) is 12.1 Å². The molecule has 1 unspecified atom stereocenters. The summed E-state index contributed by atoms with van der Waals surface area (Å²) in [6, 6.07) is 1.46. The lowest BCUT2D eigenvalue weighted by Gasteiger charge is -2.20. The number of nitrogens with one attached hydrogen (secondary N) is 1. The zero-order valence-corrected chi connectivity index (χ0v) is 12.3. The third kappa shape index (κ3) is 4.55. The number of hydrogen-bond acceptors (Lipinski definition) is 5.